The molecule has 0 heterocycles. The molecule has 0 radical (unpaired) electrons. The molecule has 0 N–H and O–H groups in total. The van der Waals surface area contributed by atoms with E-state index in [2.05, 4.69) is 192 Å². The van der Waals surface area contributed by atoms with Crippen molar-refractivity contribution in [1.29, 1.82) is 0 Å². The van der Waals surface area contributed by atoms with Crippen LogP contribution < -0.4 is 14.5 Å². The van der Waals surface area contributed by atoms with Gasteiger partial charge in [-0.25, -0.2) is 9.59 Å². The normalized spacial score (nSPS) is 11.9. The molecule has 0 saturated heterocycles. The number of aryl methyl sites for hydroxylation is 2. The second-order valence-corrected chi connectivity index (χ2v) is 13.5. The van der Waals surface area contributed by atoms with Gasteiger partial charge in [0.15, 0.2) is 0 Å². The smallest absolute Gasteiger partial charge is 0.335 e. The van der Waals surface area contributed by atoms with E-state index in [1.165, 1.54) is 11.1 Å². The summed E-state index contributed by atoms with van der Waals surface area (Å²) in [5, 5.41) is 0. The van der Waals surface area contributed by atoms with Gasteiger partial charge in [-0.3, -0.25) is 0 Å². The number of hydrogen-bond donors (Lipinski definition) is 0. The van der Waals surface area contributed by atoms with Crippen molar-refractivity contribution in [3.63, 3.8) is 0 Å². The van der Waals surface area contributed by atoms with Crippen molar-refractivity contribution in [3.05, 3.63) is 224 Å². The molecule has 4 aromatic rings. The zero-order chi connectivity index (χ0) is 46.6. The van der Waals surface area contributed by atoms with Crippen molar-refractivity contribution in [2.24, 2.45) is 0 Å². The molecule has 0 spiro atoms. The topological polar surface area (TPSA) is 59.1 Å². The highest BCUT2D eigenvalue weighted by atomic mass is 16.5. The lowest BCUT2D eigenvalue weighted by Crippen LogP contribution is -2.22. The number of nitrogens with zero attached hydrogens (tertiary/aromatic N) is 2. The quantitative estimate of drug-likeness (QED) is 0.0234. The zero-order valence-electron chi connectivity index (χ0n) is 37.4. The molecular formula is C57H60N2O4. The van der Waals surface area contributed by atoms with Gasteiger partial charge in [0.25, 0.3) is 0 Å². The average molecular weight is 837 g/mol. The minimum absolute atomic E-state index is 0.174. The standard InChI is InChI=1S/C53H54N2O4.C2H4.C2H2/c1-9-17-43(18-16-39-58-52(56)13-5)45-25-34-50(35-26-45)55(49-31-22-41(8)23-32-49)47(12-4)19-15-38-54(48-29-20-40(7)21-30-48)46(11-3)33-24-42(10-2)44-27-36-51(37-28-44)59-53(57)14-6;2*1-2/h2,11-37,42H,5-6,9,38-39H2,1,3-4,7-8H3;1-2H2;1-2H/b18-16-,19-15-,33-24-,43-17+,46-11+,47-12+;;. The fraction of sp³-hybridized carbons (Fsp3) is 0.158. The van der Waals surface area contributed by atoms with Gasteiger partial charge in [0.1, 0.15) is 12.4 Å². The van der Waals surface area contributed by atoms with E-state index >= 15 is 0 Å². The Balaban J connectivity index is 0.00000331. The van der Waals surface area contributed by atoms with Crippen LogP contribution in [0.3, 0.4) is 0 Å². The van der Waals surface area contributed by atoms with Crippen LogP contribution in [0.5, 0.6) is 5.75 Å². The lowest BCUT2D eigenvalue weighted by molar-refractivity contribution is -0.136. The van der Waals surface area contributed by atoms with E-state index in [4.69, 9.17) is 15.9 Å². The van der Waals surface area contributed by atoms with Crippen LogP contribution in [-0.4, -0.2) is 25.1 Å². The summed E-state index contributed by atoms with van der Waals surface area (Å²) in [7, 11) is 0. The summed E-state index contributed by atoms with van der Waals surface area (Å²) in [5.41, 5.74) is 10.4. The van der Waals surface area contributed by atoms with Crippen LogP contribution in [-0.2, 0) is 14.3 Å². The molecule has 4 aromatic carbocycles. The minimum Gasteiger partial charge on any atom is -0.458 e. The minimum atomic E-state index is -0.515. The third-order valence-corrected chi connectivity index (χ3v) is 9.31. The van der Waals surface area contributed by atoms with E-state index in [1.54, 1.807) is 12.1 Å². The van der Waals surface area contributed by atoms with Crippen LogP contribution in [0, 0.1) is 39.0 Å². The van der Waals surface area contributed by atoms with Crippen molar-refractivity contribution in [1.82, 2.24) is 0 Å². The number of rotatable bonds is 19. The summed E-state index contributed by atoms with van der Waals surface area (Å²) < 4.78 is 10.4. The molecule has 1 atom stereocenters. The highest BCUT2D eigenvalue weighted by Crippen LogP contribution is 2.33. The third-order valence-electron chi connectivity index (χ3n) is 9.31. The van der Waals surface area contributed by atoms with Crippen molar-refractivity contribution in [3.8, 4) is 30.9 Å². The number of ether oxygens (including phenoxy) is 2. The molecule has 4 rings (SSSR count). The number of benzene rings is 4. The fourth-order valence-corrected chi connectivity index (χ4v) is 6.17. The van der Waals surface area contributed by atoms with Crippen LogP contribution in [0.4, 0.5) is 17.1 Å². The molecule has 6 heteroatoms. The van der Waals surface area contributed by atoms with Crippen LogP contribution in [0.25, 0.3) is 5.57 Å². The van der Waals surface area contributed by atoms with E-state index in [-0.39, 0.29) is 12.5 Å². The molecule has 0 aliphatic rings. The number of hydrogen-bond acceptors (Lipinski definition) is 6. The number of carbonyl (C=O) groups excluding carboxylic acids is 2. The van der Waals surface area contributed by atoms with Gasteiger partial charge in [-0.1, -0.05) is 122 Å². The molecule has 1 unspecified atom stereocenters. The van der Waals surface area contributed by atoms with Crippen LogP contribution in [0.2, 0.25) is 0 Å². The Morgan fingerprint density at radius 1 is 0.714 bits per heavy atom. The van der Waals surface area contributed by atoms with Crippen molar-refractivity contribution in [2.45, 2.75) is 47.0 Å². The van der Waals surface area contributed by atoms with E-state index in [9.17, 15) is 9.59 Å². The molecule has 0 fully saturated rings. The summed E-state index contributed by atoms with van der Waals surface area (Å²) in [6, 6.07) is 32.7. The maximum absolute atomic E-state index is 11.7. The molecule has 0 aliphatic heterocycles. The Kier molecular flexibility index (Phi) is 23.3. The summed E-state index contributed by atoms with van der Waals surface area (Å²) in [5.74, 6) is 2.05. The number of anilines is 3. The highest BCUT2D eigenvalue weighted by molar-refractivity contribution is 5.83. The second kappa shape index (κ2) is 28.6. The van der Waals surface area contributed by atoms with Crippen LogP contribution >= 0.6 is 0 Å². The van der Waals surface area contributed by atoms with Crippen LogP contribution in [0.1, 0.15) is 55.4 Å². The largest absolute Gasteiger partial charge is 0.458 e. The Morgan fingerprint density at radius 3 is 1.76 bits per heavy atom. The third kappa shape index (κ3) is 16.3. The number of allylic oxidation sites excluding steroid dienone is 8. The van der Waals surface area contributed by atoms with Gasteiger partial charge in [-0.05, 0) is 118 Å². The zero-order valence-corrected chi connectivity index (χ0v) is 37.4. The number of esters is 2. The monoisotopic (exact) mass is 836 g/mol. The van der Waals surface area contributed by atoms with E-state index < -0.39 is 11.9 Å². The van der Waals surface area contributed by atoms with Gasteiger partial charge in [-0.15, -0.1) is 32.4 Å². The van der Waals surface area contributed by atoms with Gasteiger partial charge >= 0.3 is 11.9 Å². The predicted molar refractivity (Wildman–Crippen MR) is 268 cm³/mol. The first kappa shape index (κ1) is 51.3. The molecule has 63 heavy (non-hydrogen) atoms. The molecule has 0 amide bonds. The van der Waals surface area contributed by atoms with Gasteiger partial charge < -0.3 is 19.3 Å². The van der Waals surface area contributed by atoms with Crippen molar-refractivity contribution < 1.29 is 19.1 Å². The molecule has 0 saturated carbocycles. The summed E-state index contributed by atoms with van der Waals surface area (Å²) in [6.07, 6.45) is 35.8. The average Bonchev–Trinajstić information content (AvgIpc) is 3.32. The Hall–Kier alpha value is -7.80. The SMILES string of the molecule is C#C.C#CC(/C=C\C(=C/C)N(C/C=C\C(=C/C)N(c1ccc(C)cc1)c1ccc(C(/C=C\COC(=O)C=C)=C/CC)cc1)c1ccc(C)cc1)c1ccc(OC(=O)C=C)cc1.C=C. The Bertz CT molecular complexity index is 2330. The van der Waals surface area contributed by atoms with Gasteiger partial charge in [0.2, 0.25) is 0 Å². The Morgan fingerprint density at radius 2 is 1.25 bits per heavy atom. The van der Waals surface area contributed by atoms with Gasteiger partial charge in [0.05, 0.1) is 5.92 Å². The van der Waals surface area contributed by atoms with Crippen LogP contribution in [0.15, 0.2) is 202 Å². The van der Waals surface area contributed by atoms with E-state index in [1.807, 2.05) is 37.3 Å². The molecule has 0 aromatic heterocycles. The van der Waals surface area contributed by atoms with E-state index in [0.717, 1.165) is 63.7 Å². The first-order valence-corrected chi connectivity index (χ1v) is 20.5. The highest BCUT2D eigenvalue weighted by Gasteiger charge is 2.15. The molecular weight excluding hydrogens is 777 g/mol. The van der Waals surface area contributed by atoms with Gasteiger partial charge in [-0.2, -0.15) is 0 Å². The summed E-state index contributed by atoms with van der Waals surface area (Å²) in [6.45, 7) is 24.0. The predicted octanol–water partition coefficient (Wildman–Crippen LogP) is 13.5. The molecule has 322 valence electrons. The molecule has 6 nitrogen and oxygen atoms in total. The first-order chi connectivity index (χ1) is 30.6. The van der Waals surface area contributed by atoms with E-state index in [0.29, 0.717) is 12.3 Å². The fourth-order valence-electron chi connectivity index (χ4n) is 6.17. The van der Waals surface area contributed by atoms with Crippen molar-refractivity contribution in [2.75, 3.05) is 23.0 Å². The lowest BCUT2D eigenvalue weighted by Gasteiger charge is -2.28. The summed E-state index contributed by atoms with van der Waals surface area (Å²) in [4.78, 5) is 27.7. The maximum Gasteiger partial charge on any atom is 0.335 e. The molecule has 0 bridgehead atoms. The molecule has 0 aliphatic carbocycles. The lowest BCUT2D eigenvalue weighted by atomic mass is 9.99. The van der Waals surface area contributed by atoms with Gasteiger partial charge in [0, 0.05) is 47.2 Å². The Labute approximate surface area is 377 Å². The maximum atomic E-state index is 11.7. The first-order valence-electron chi connectivity index (χ1n) is 20.5. The number of terminal acetylenes is 2. The second-order valence-electron chi connectivity index (χ2n) is 13.5. The number of carbonyl (C=O) groups is 2. The summed E-state index contributed by atoms with van der Waals surface area (Å²) >= 11 is 0. The van der Waals surface area contributed by atoms with Crippen molar-refractivity contribution >= 4 is 34.6 Å².